The third-order valence-corrected chi connectivity index (χ3v) is 7.26. The zero-order valence-corrected chi connectivity index (χ0v) is 16.5. The van der Waals surface area contributed by atoms with Crippen molar-refractivity contribution < 1.29 is 36.6 Å². The molecule has 166 valence electrons. The van der Waals surface area contributed by atoms with E-state index in [-0.39, 0.29) is 30.1 Å². The number of aliphatic hydroxyl groups is 2. The van der Waals surface area contributed by atoms with Crippen LogP contribution < -0.4 is 0 Å². The zero-order chi connectivity index (χ0) is 21.8. The van der Waals surface area contributed by atoms with Crippen LogP contribution in [0.4, 0.5) is 26.3 Å². The smallest absolute Gasteiger partial charge is 0.381 e. The van der Waals surface area contributed by atoms with Crippen LogP contribution in [0.1, 0.15) is 46.0 Å². The fourth-order valence-electron chi connectivity index (χ4n) is 5.39. The first-order valence-electron chi connectivity index (χ1n) is 10.1. The van der Waals surface area contributed by atoms with Crippen LogP contribution in [-0.4, -0.2) is 33.8 Å². The summed E-state index contributed by atoms with van der Waals surface area (Å²) in [6.45, 7) is 1.77. The first-order chi connectivity index (χ1) is 13.1. The lowest BCUT2D eigenvalue weighted by Gasteiger charge is -2.35. The number of allylic oxidation sites excluding steroid dienone is 4. The molecular formula is C21H28F6O2. The van der Waals surface area contributed by atoms with Gasteiger partial charge in [0.05, 0.1) is 0 Å². The molecule has 0 aliphatic heterocycles. The largest absolute Gasteiger partial charge is 0.417 e. The predicted octanol–water partition coefficient (Wildman–Crippen LogP) is 5.41. The maximum absolute atomic E-state index is 12.5. The van der Waals surface area contributed by atoms with Gasteiger partial charge in [0.15, 0.2) is 11.2 Å². The Kier molecular flexibility index (Phi) is 5.70. The molecule has 4 bridgehead atoms. The third-order valence-electron chi connectivity index (χ3n) is 7.26. The summed E-state index contributed by atoms with van der Waals surface area (Å²) in [7, 11) is 0. The van der Waals surface area contributed by atoms with Gasteiger partial charge in [0.2, 0.25) is 0 Å². The topological polar surface area (TPSA) is 40.5 Å². The molecule has 4 aliphatic carbocycles. The van der Waals surface area contributed by atoms with Crippen molar-refractivity contribution in [3.05, 3.63) is 24.3 Å². The Labute approximate surface area is 166 Å². The molecule has 0 amide bonds. The van der Waals surface area contributed by atoms with Gasteiger partial charge in [-0.05, 0) is 75.5 Å². The molecule has 4 rings (SSSR count). The molecule has 2 saturated carbocycles. The Bertz CT molecular complexity index is 661. The van der Waals surface area contributed by atoms with Gasteiger partial charge < -0.3 is 10.2 Å². The van der Waals surface area contributed by atoms with Gasteiger partial charge in [-0.15, -0.1) is 0 Å². The second-order valence-electron chi connectivity index (χ2n) is 9.55. The zero-order valence-electron chi connectivity index (χ0n) is 16.5. The van der Waals surface area contributed by atoms with E-state index in [1.165, 1.54) is 0 Å². The third kappa shape index (κ3) is 4.38. The SMILES string of the molecule is CC(O)(C1CC2C=CC1C2)C(F)(F)F.CC(O)(CC1CC2C=CC1C2)C(F)(F)F. The Morgan fingerprint density at radius 1 is 0.724 bits per heavy atom. The predicted molar refractivity (Wildman–Crippen MR) is 95.7 cm³/mol. The Morgan fingerprint density at radius 2 is 1.24 bits per heavy atom. The van der Waals surface area contributed by atoms with Crippen molar-refractivity contribution in [3.8, 4) is 0 Å². The van der Waals surface area contributed by atoms with Crippen LogP contribution in [0.25, 0.3) is 0 Å². The molecule has 2 N–H and O–H groups in total. The van der Waals surface area contributed by atoms with Gasteiger partial charge in [-0.25, -0.2) is 0 Å². The molecule has 0 aromatic heterocycles. The van der Waals surface area contributed by atoms with E-state index in [1.807, 2.05) is 18.2 Å². The molecule has 2 fully saturated rings. The number of rotatable bonds is 3. The summed E-state index contributed by atoms with van der Waals surface area (Å²) in [6.07, 6.45) is 1.69. The van der Waals surface area contributed by atoms with Gasteiger partial charge >= 0.3 is 12.4 Å². The maximum Gasteiger partial charge on any atom is 0.417 e. The molecule has 0 spiro atoms. The van der Waals surface area contributed by atoms with E-state index in [2.05, 4.69) is 6.08 Å². The fourth-order valence-corrected chi connectivity index (χ4v) is 5.39. The van der Waals surface area contributed by atoms with Gasteiger partial charge in [0.1, 0.15) is 0 Å². The second kappa shape index (κ2) is 7.29. The fraction of sp³-hybridized carbons (Fsp3) is 0.810. The minimum absolute atomic E-state index is 0.00313. The lowest BCUT2D eigenvalue weighted by molar-refractivity contribution is -0.274. The molecule has 0 radical (unpaired) electrons. The van der Waals surface area contributed by atoms with Crippen molar-refractivity contribution in [2.24, 2.45) is 35.5 Å². The molecule has 29 heavy (non-hydrogen) atoms. The summed E-state index contributed by atoms with van der Waals surface area (Å²) in [5, 5.41) is 18.9. The van der Waals surface area contributed by atoms with Crippen molar-refractivity contribution in [3.63, 3.8) is 0 Å². The highest BCUT2D eigenvalue weighted by Crippen LogP contribution is 2.52. The van der Waals surface area contributed by atoms with Crippen molar-refractivity contribution in [1.29, 1.82) is 0 Å². The Balaban J connectivity index is 0.000000166. The number of halogens is 6. The summed E-state index contributed by atoms with van der Waals surface area (Å²) < 4.78 is 75.0. The molecule has 8 unspecified atom stereocenters. The normalized spacial score (nSPS) is 39.2. The number of hydrogen-bond acceptors (Lipinski definition) is 2. The van der Waals surface area contributed by atoms with Crippen molar-refractivity contribution in [2.75, 3.05) is 0 Å². The van der Waals surface area contributed by atoms with Gasteiger partial charge in [0, 0.05) is 5.92 Å². The first kappa shape index (κ1) is 22.7. The number of alkyl halides is 6. The first-order valence-corrected chi connectivity index (χ1v) is 10.1. The summed E-state index contributed by atoms with van der Waals surface area (Å²) in [6, 6.07) is 0. The van der Waals surface area contributed by atoms with E-state index in [0.29, 0.717) is 12.3 Å². The van der Waals surface area contributed by atoms with Crippen LogP contribution in [0.5, 0.6) is 0 Å². The number of fused-ring (bicyclic) bond motifs is 4. The quantitative estimate of drug-likeness (QED) is 0.468. The lowest BCUT2D eigenvalue weighted by Crippen LogP contribution is -2.50. The Hall–Kier alpha value is -1.02. The molecule has 0 heterocycles. The molecular weight excluding hydrogens is 398 g/mol. The van der Waals surface area contributed by atoms with Gasteiger partial charge in [-0.2, -0.15) is 26.3 Å². The molecule has 0 aromatic carbocycles. The minimum atomic E-state index is -4.52. The summed E-state index contributed by atoms with van der Waals surface area (Å²) in [5.74, 6) is 0.206. The van der Waals surface area contributed by atoms with E-state index in [9.17, 15) is 36.6 Å². The van der Waals surface area contributed by atoms with Gasteiger partial charge in [0.25, 0.3) is 0 Å². The van der Waals surface area contributed by atoms with E-state index in [0.717, 1.165) is 33.1 Å². The highest BCUT2D eigenvalue weighted by atomic mass is 19.4. The van der Waals surface area contributed by atoms with E-state index < -0.39 is 29.5 Å². The number of hydrogen-bond donors (Lipinski definition) is 2. The Morgan fingerprint density at radius 3 is 1.59 bits per heavy atom. The highest BCUT2D eigenvalue weighted by molar-refractivity contribution is 5.14. The molecule has 8 atom stereocenters. The van der Waals surface area contributed by atoms with Crippen LogP contribution in [-0.2, 0) is 0 Å². The van der Waals surface area contributed by atoms with Crippen LogP contribution >= 0.6 is 0 Å². The molecule has 4 aliphatic rings. The van der Waals surface area contributed by atoms with Crippen molar-refractivity contribution in [2.45, 2.75) is 69.5 Å². The van der Waals surface area contributed by atoms with E-state index in [1.54, 1.807) is 0 Å². The van der Waals surface area contributed by atoms with Crippen molar-refractivity contribution in [1.82, 2.24) is 0 Å². The lowest BCUT2D eigenvalue weighted by atomic mass is 9.79. The average Bonchev–Trinajstić information content (AvgIpc) is 3.34. The monoisotopic (exact) mass is 426 g/mol. The van der Waals surface area contributed by atoms with Gasteiger partial charge in [-0.1, -0.05) is 24.3 Å². The summed E-state index contributed by atoms with van der Waals surface area (Å²) in [5.41, 5.74) is -5.06. The highest BCUT2D eigenvalue weighted by Gasteiger charge is 2.59. The van der Waals surface area contributed by atoms with Crippen LogP contribution in [0.15, 0.2) is 24.3 Å². The maximum atomic E-state index is 12.5. The molecule has 8 heteroatoms. The minimum Gasteiger partial charge on any atom is -0.381 e. The van der Waals surface area contributed by atoms with Gasteiger partial charge in [-0.3, -0.25) is 0 Å². The summed E-state index contributed by atoms with van der Waals surface area (Å²) >= 11 is 0. The molecule has 2 nitrogen and oxygen atoms in total. The standard InChI is InChI=1S/C11H15F3O.C10H13F3O/c1-10(15,11(12,13)14)6-9-5-7-2-3-8(9)4-7;1-9(14,10(11,12)13)8-5-6-2-3-7(8)4-6/h2-3,7-9,15H,4-6H2,1H3;2-3,6-8,14H,4-5H2,1H3. The van der Waals surface area contributed by atoms with Crippen LogP contribution in [0.2, 0.25) is 0 Å². The second-order valence-corrected chi connectivity index (χ2v) is 9.55. The molecule has 0 aromatic rings. The average molecular weight is 426 g/mol. The van der Waals surface area contributed by atoms with E-state index in [4.69, 9.17) is 0 Å². The van der Waals surface area contributed by atoms with Crippen molar-refractivity contribution >= 4 is 0 Å². The molecule has 0 saturated heterocycles. The summed E-state index contributed by atoms with van der Waals surface area (Å²) in [4.78, 5) is 0. The van der Waals surface area contributed by atoms with Crippen LogP contribution in [0.3, 0.4) is 0 Å². The van der Waals surface area contributed by atoms with Crippen LogP contribution in [0, 0.1) is 35.5 Å². The van der Waals surface area contributed by atoms with E-state index >= 15 is 0 Å².